The third kappa shape index (κ3) is 10.2. The lowest BCUT2D eigenvalue weighted by Gasteiger charge is -2.05. The van der Waals surface area contributed by atoms with E-state index < -0.39 is 9.84 Å². The molecule has 0 heterocycles. The van der Waals surface area contributed by atoms with E-state index in [-0.39, 0.29) is 11.5 Å². The first-order valence-electron chi connectivity index (χ1n) is 5.61. The second-order valence-corrected chi connectivity index (χ2v) is 5.82. The molecule has 0 aromatic rings. The van der Waals surface area contributed by atoms with Gasteiger partial charge < -0.3 is 10.1 Å². The molecular formula is C10H23NO3S. The van der Waals surface area contributed by atoms with E-state index in [4.69, 9.17) is 4.74 Å². The Morgan fingerprint density at radius 3 is 2.33 bits per heavy atom. The highest BCUT2D eigenvalue weighted by Gasteiger charge is 2.08. The zero-order valence-electron chi connectivity index (χ0n) is 9.79. The zero-order chi connectivity index (χ0) is 11.6. The summed E-state index contributed by atoms with van der Waals surface area (Å²) in [6, 6.07) is 0. The number of hydrogen-bond donors (Lipinski definition) is 1. The molecular weight excluding hydrogens is 214 g/mol. The van der Waals surface area contributed by atoms with Gasteiger partial charge >= 0.3 is 0 Å². The number of ether oxygens (including phenoxy) is 1. The smallest absolute Gasteiger partial charge is 0.152 e. The van der Waals surface area contributed by atoms with Crippen molar-refractivity contribution in [2.45, 2.75) is 26.7 Å². The van der Waals surface area contributed by atoms with Crippen molar-refractivity contribution in [1.29, 1.82) is 0 Å². The van der Waals surface area contributed by atoms with E-state index in [1.54, 1.807) is 0 Å². The van der Waals surface area contributed by atoms with Crippen LogP contribution in [-0.2, 0) is 14.6 Å². The van der Waals surface area contributed by atoms with Crippen LogP contribution in [0.3, 0.4) is 0 Å². The monoisotopic (exact) mass is 237 g/mol. The molecule has 5 heteroatoms. The van der Waals surface area contributed by atoms with Gasteiger partial charge in [0, 0.05) is 12.3 Å². The summed E-state index contributed by atoms with van der Waals surface area (Å²) in [5.74, 6) is 0.416. The van der Waals surface area contributed by atoms with Crippen molar-refractivity contribution in [1.82, 2.24) is 5.32 Å². The molecule has 0 rings (SSSR count). The van der Waals surface area contributed by atoms with Crippen molar-refractivity contribution < 1.29 is 13.2 Å². The fourth-order valence-corrected chi connectivity index (χ4v) is 2.35. The summed E-state index contributed by atoms with van der Waals surface area (Å²) in [5, 5.41) is 3.18. The lowest BCUT2D eigenvalue weighted by atomic mass is 10.5. The van der Waals surface area contributed by atoms with E-state index in [1.165, 1.54) is 0 Å². The maximum atomic E-state index is 11.3. The van der Waals surface area contributed by atoms with E-state index in [2.05, 4.69) is 12.2 Å². The topological polar surface area (TPSA) is 55.4 Å². The van der Waals surface area contributed by atoms with Crippen molar-refractivity contribution in [3.8, 4) is 0 Å². The van der Waals surface area contributed by atoms with Crippen LogP contribution in [0.4, 0.5) is 0 Å². The van der Waals surface area contributed by atoms with Crippen LogP contribution >= 0.6 is 0 Å². The molecule has 0 aromatic heterocycles. The highest BCUT2D eigenvalue weighted by molar-refractivity contribution is 7.91. The Hall–Kier alpha value is -0.130. The Labute approximate surface area is 93.3 Å². The first-order valence-corrected chi connectivity index (χ1v) is 7.43. The van der Waals surface area contributed by atoms with E-state index in [0.717, 1.165) is 19.5 Å². The third-order valence-electron chi connectivity index (χ3n) is 1.90. The second-order valence-electron chi connectivity index (χ2n) is 3.51. The van der Waals surface area contributed by atoms with Crippen LogP contribution in [0.1, 0.15) is 26.7 Å². The van der Waals surface area contributed by atoms with Crippen molar-refractivity contribution in [3.63, 3.8) is 0 Å². The molecule has 0 aliphatic rings. The van der Waals surface area contributed by atoms with Gasteiger partial charge in [-0.1, -0.05) is 13.8 Å². The van der Waals surface area contributed by atoms with Crippen LogP contribution in [0, 0.1) is 0 Å². The number of nitrogens with one attached hydrogen (secondary N) is 1. The minimum absolute atomic E-state index is 0.147. The van der Waals surface area contributed by atoms with E-state index in [1.807, 2.05) is 6.92 Å². The molecule has 0 fully saturated rings. The Kier molecular flexibility index (Phi) is 9.04. The van der Waals surface area contributed by atoms with Crippen molar-refractivity contribution in [2.75, 3.05) is 37.8 Å². The molecule has 0 atom stereocenters. The normalized spacial score (nSPS) is 11.9. The molecule has 0 amide bonds. The molecule has 0 saturated carbocycles. The largest absolute Gasteiger partial charge is 0.379 e. The number of rotatable bonds is 10. The zero-order valence-corrected chi connectivity index (χ0v) is 10.6. The number of sulfone groups is 1. The van der Waals surface area contributed by atoms with Crippen LogP contribution in [0.25, 0.3) is 0 Å². The predicted octanol–water partition coefficient (Wildman–Crippen LogP) is 0.827. The van der Waals surface area contributed by atoms with Gasteiger partial charge in [0.1, 0.15) is 0 Å². The molecule has 1 N–H and O–H groups in total. The summed E-state index contributed by atoms with van der Waals surface area (Å²) in [5.41, 5.74) is 0. The summed E-state index contributed by atoms with van der Waals surface area (Å²) < 4.78 is 27.8. The predicted molar refractivity (Wildman–Crippen MR) is 62.9 cm³/mol. The van der Waals surface area contributed by atoms with Gasteiger partial charge in [0.05, 0.1) is 19.0 Å². The standard InChI is InChI=1S/C10H23NO3S/c1-3-5-11-6-7-14-8-10-15(12,13)9-4-2/h11H,3-10H2,1-2H3. The Morgan fingerprint density at radius 1 is 1.00 bits per heavy atom. The van der Waals surface area contributed by atoms with Gasteiger partial charge in [-0.05, 0) is 19.4 Å². The summed E-state index contributed by atoms with van der Waals surface area (Å²) in [7, 11) is -2.87. The van der Waals surface area contributed by atoms with Crippen molar-refractivity contribution in [3.05, 3.63) is 0 Å². The van der Waals surface area contributed by atoms with E-state index in [0.29, 0.717) is 19.6 Å². The van der Waals surface area contributed by atoms with Gasteiger partial charge in [0.25, 0.3) is 0 Å². The van der Waals surface area contributed by atoms with Crippen molar-refractivity contribution >= 4 is 9.84 Å². The Bertz CT molecular complexity index is 227. The molecule has 0 bridgehead atoms. The van der Waals surface area contributed by atoms with Crippen LogP contribution in [0.2, 0.25) is 0 Å². The highest BCUT2D eigenvalue weighted by Crippen LogP contribution is 1.93. The van der Waals surface area contributed by atoms with Gasteiger partial charge in [-0.2, -0.15) is 0 Å². The summed E-state index contributed by atoms with van der Waals surface area (Å²) in [6.45, 7) is 6.65. The molecule has 0 aliphatic heterocycles. The molecule has 0 aromatic carbocycles. The molecule has 0 radical (unpaired) electrons. The molecule has 0 spiro atoms. The van der Waals surface area contributed by atoms with Crippen LogP contribution in [-0.4, -0.2) is 46.2 Å². The molecule has 4 nitrogen and oxygen atoms in total. The van der Waals surface area contributed by atoms with Gasteiger partial charge in [-0.25, -0.2) is 8.42 Å². The minimum atomic E-state index is -2.87. The SMILES string of the molecule is CCCNCCOCCS(=O)(=O)CCC. The molecule has 15 heavy (non-hydrogen) atoms. The minimum Gasteiger partial charge on any atom is -0.379 e. The molecule has 0 unspecified atom stereocenters. The van der Waals surface area contributed by atoms with E-state index >= 15 is 0 Å². The average molecular weight is 237 g/mol. The van der Waals surface area contributed by atoms with Gasteiger partial charge in [0.2, 0.25) is 0 Å². The fraction of sp³-hybridized carbons (Fsp3) is 1.00. The fourth-order valence-electron chi connectivity index (χ4n) is 1.15. The van der Waals surface area contributed by atoms with Gasteiger partial charge in [-0.15, -0.1) is 0 Å². The molecule has 0 saturated heterocycles. The van der Waals surface area contributed by atoms with Gasteiger partial charge in [0.15, 0.2) is 9.84 Å². The maximum absolute atomic E-state index is 11.3. The van der Waals surface area contributed by atoms with Crippen LogP contribution < -0.4 is 5.32 Å². The van der Waals surface area contributed by atoms with E-state index in [9.17, 15) is 8.42 Å². The summed E-state index contributed by atoms with van der Waals surface area (Å²) in [6.07, 6.45) is 1.78. The highest BCUT2D eigenvalue weighted by atomic mass is 32.2. The number of hydrogen-bond acceptors (Lipinski definition) is 4. The first kappa shape index (κ1) is 14.9. The summed E-state index contributed by atoms with van der Waals surface area (Å²) >= 11 is 0. The maximum Gasteiger partial charge on any atom is 0.152 e. The van der Waals surface area contributed by atoms with Gasteiger partial charge in [-0.3, -0.25) is 0 Å². The third-order valence-corrected chi connectivity index (χ3v) is 3.72. The second kappa shape index (κ2) is 9.12. The van der Waals surface area contributed by atoms with Crippen LogP contribution in [0.5, 0.6) is 0 Å². The lowest BCUT2D eigenvalue weighted by molar-refractivity contribution is 0.151. The van der Waals surface area contributed by atoms with Crippen LogP contribution in [0.15, 0.2) is 0 Å². The Balaban J connectivity index is 3.31. The quantitative estimate of drug-likeness (QED) is 0.572. The summed E-state index contributed by atoms with van der Waals surface area (Å²) in [4.78, 5) is 0. The lowest BCUT2D eigenvalue weighted by Crippen LogP contribution is -2.22. The van der Waals surface area contributed by atoms with Crippen molar-refractivity contribution in [2.24, 2.45) is 0 Å². The Morgan fingerprint density at radius 2 is 1.73 bits per heavy atom. The first-order chi connectivity index (χ1) is 7.12. The molecule has 0 aliphatic carbocycles. The molecule has 92 valence electrons. The average Bonchev–Trinajstić information content (AvgIpc) is 2.16.